The molecule has 1 aromatic rings. The molecular weight excluding hydrogens is 489 g/mol. The van der Waals surface area contributed by atoms with Crippen molar-refractivity contribution in [1.29, 1.82) is 0 Å². The normalized spacial score (nSPS) is 18.2. The van der Waals surface area contributed by atoms with Gasteiger partial charge in [0.15, 0.2) is 11.5 Å². The van der Waals surface area contributed by atoms with Gasteiger partial charge in [0.2, 0.25) is 0 Å². The topological polar surface area (TPSA) is 230 Å². The summed E-state index contributed by atoms with van der Waals surface area (Å²) in [7, 11) is -6.89. The molecule has 2 rings (SSSR count). The fourth-order valence-electron chi connectivity index (χ4n) is 3.03. The van der Waals surface area contributed by atoms with Crippen LogP contribution in [0.2, 0.25) is 0 Å². The first-order valence-electron chi connectivity index (χ1n) is 9.08. The number of nitrogens with one attached hydrogen (secondary N) is 2. The molecule has 0 bridgehead atoms. The van der Waals surface area contributed by atoms with Crippen molar-refractivity contribution in [2.45, 2.75) is 25.5 Å². The second kappa shape index (κ2) is 10.3. The molecule has 1 aliphatic heterocycles. The molecule has 1 saturated heterocycles. The number of methoxy groups -OCH3 is 2. The van der Waals surface area contributed by atoms with E-state index in [2.05, 4.69) is 5.32 Å². The van der Waals surface area contributed by atoms with Crippen LogP contribution in [0, 0.1) is 10.1 Å². The summed E-state index contributed by atoms with van der Waals surface area (Å²) in [5, 5.41) is 13.5. The van der Waals surface area contributed by atoms with Gasteiger partial charge >= 0.3 is 24.0 Å². The molecule has 0 spiro atoms. The second-order valence-corrected chi connectivity index (χ2v) is 10.1. The Labute approximate surface area is 187 Å². The van der Waals surface area contributed by atoms with Gasteiger partial charge in [-0.05, 0) is 18.9 Å². The van der Waals surface area contributed by atoms with E-state index in [1.54, 1.807) is 0 Å². The van der Waals surface area contributed by atoms with Crippen LogP contribution in [0.25, 0.3) is 0 Å². The maximum absolute atomic E-state index is 12.5. The Morgan fingerprint density at radius 2 is 1.97 bits per heavy atom. The van der Waals surface area contributed by atoms with Gasteiger partial charge in [-0.1, -0.05) is 0 Å². The van der Waals surface area contributed by atoms with E-state index in [0.717, 1.165) is 6.07 Å². The summed E-state index contributed by atoms with van der Waals surface area (Å²) in [5.74, 6) is -0.725. The van der Waals surface area contributed by atoms with Gasteiger partial charge in [-0.3, -0.25) is 34.2 Å². The minimum Gasteiger partial charge on any atom is -0.493 e. The first kappa shape index (κ1) is 26.3. The van der Waals surface area contributed by atoms with Gasteiger partial charge in [0.05, 0.1) is 30.8 Å². The molecular formula is C15H22N5O11PS. The van der Waals surface area contributed by atoms with Crippen LogP contribution in [0.5, 0.6) is 11.5 Å². The van der Waals surface area contributed by atoms with Gasteiger partial charge in [0.25, 0.3) is 11.6 Å². The lowest BCUT2D eigenvalue weighted by Gasteiger charge is -2.35. The van der Waals surface area contributed by atoms with E-state index in [-0.39, 0.29) is 36.4 Å². The van der Waals surface area contributed by atoms with Gasteiger partial charge in [-0.2, -0.15) is 8.42 Å². The van der Waals surface area contributed by atoms with Crippen LogP contribution in [-0.4, -0.2) is 61.4 Å². The smallest absolute Gasteiger partial charge is 0.408 e. The number of nitro groups is 1. The molecule has 18 heteroatoms. The number of piperidine rings is 1. The quantitative estimate of drug-likeness (QED) is 0.152. The number of hydrogen-bond donors (Lipinski definition) is 4. The van der Waals surface area contributed by atoms with Crippen molar-refractivity contribution in [2.24, 2.45) is 5.50 Å². The number of benzene rings is 1. The Morgan fingerprint density at radius 3 is 2.52 bits per heavy atom. The molecule has 1 heterocycles. The van der Waals surface area contributed by atoms with Crippen molar-refractivity contribution in [3.63, 3.8) is 0 Å². The van der Waals surface area contributed by atoms with Gasteiger partial charge in [-0.15, -0.1) is 4.49 Å². The van der Waals surface area contributed by atoms with Crippen LogP contribution in [0.3, 0.4) is 0 Å². The summed E-state index contributed by atoms with van der Waals surface area (Å²) in [5.41, 5.74) is 4.95. The van der Waals surface area contributed by atoms with Crippen LogP contribution in [-0.2, 0) is 31.0 Å². The lowest BCUT2D eigenvalue weighted by atomic mass is 10.1. The third kappa shape index (κ3) is 6.75. The minimum absolute atomic E-state index is 0.0202. The molecule has 5 N–H and O–H groups in total. The van der Waals surface area contributed by atoms with Crippen LogP contribution >= 0.6 is 7.59 Å². The molecule has 1 aromatic carbocycles. The molecule has 33 heavy (non-hydrogen) atoms. The summed E-state index contributed by atoms with van der Waals surface area (Å²) in [6.45, 7) is -0.757. The Bertz CT molecular complexity index is 1100. The van der Waals surface area contributed by atoms with Crippen molar-refractivity contribution >= 4 is 35.6 Å². The maximum Gasteiger partial charge on any atom is 0.408 e. The molecule has 0 saturated carbocycles. The Balaban J connectivity index is 2.10. The van der Waals surface area contributed by atoms with Crippen LogP contribution in [0.4, 0.5) is 10.5 Å². The molecule has 0 aromatic heterocycles. The first-order valence-corrected chi connectivity index (χ1v) is 12.3. The molecule has 184 valence electrons. The molecule has 1 aliphatic rings. The van der Waals surface area contributed by atoms with Crippen molar-refractivity contribution < 1.29 is 46.3 Å². The lowest BCUT2D eigenvalue weighted by Crippen LogP contribution is -2.53. The lowest BCUT2D eigenvalue weighted by molar-refractivity contribution is -0.385. The van der Waals surface area contributed by atoms with E-state index in [4.69, 9.17) is 24.3 Å². The summed E-state index contributed by atoms with van der Waals surface area (Å²) in [6, 6.07) is 1.08. The summed E-state index contributed by atoms with van der Waals surface area (Å²) >= 11 is 0. The van der Waals surface area contributed by atoms with Crippen LogP contribution in [0.1, 0.15) is 18.4 Å². The number of amides is 2. The zero-order valence-corrected chi connectivity index (χ0v) is 19.1. The van der Waals surface area contributed by atoms with E-state index >= 15 is 0 Å². The standard InChI is InChI=1S/C15H22N5O11PS/c1-29-12-6-9(11(20(23)24)7-13(12)30-2)8-31-15(22)17-10-4-3-5-19(14(10)21)32(16,25)18-33(26,27)28/h6-7,10H,3-5,8H2,1-2H3,(H,17,22)(H3,16,18,25)(H,26,27,28)/t10-,32+/m1/s1. The van der Waals surface area contributed by atoms with Crippen LogP contribution < -0.4 is 24.8 Å². The van der Waals surface area contributed by atoms with E-state index in [1.807, 2.05) is 0 Å². The fourth-order valence-corrected chi connectivity index (χ4v) is 5.61. The monoisotopic (exact) mass is 511 g/mol. The highest BCUT2D eigenvalue weighted by molar-refractivity contribution is 7.90. The van der Waals surface area contributed by atoms with Crippen molar-refractivity contribution in [1.82, 2.24) is 14.5 Å². The third-order valence-electron chi connectivity index (χ3n) is 4.45. The molecule has 0 radical (unpaired) electrons. The summed E-state index contributed by atoms with van der Waals surface area (Å²) < 4.78 is 59.9. The Morgan fingerprint density at radius 1 is 1.36 bits per heavy atom. The zero-order valence-electron chi connectivity index (χ0n) is 17.4. The van der Waals surface area contributed by atoms with Gasteiger partial charge < -0.3 is 19.5 Å². The number of rotatable bonds is 9. The highest BCUT2D eigenvalue weighted by Gasteiger charge is 2.40. The number of nitro benzene ring substituents is 1. The Hall–Kier alpha value is -2.98. The second-order valence-electron chi connectivity index (χ2n) is 6.66. The molecule has 16 nitrogen and oxygen atoms in total. The highest BCUT2D eigenvalue weighted by atomic mass is 32.2. The van der Waals surface area contributed by atoms with Crippen molar-refractivity contribution in [3.05, 3.63) is 27.8 Å². The molecule has 2 atom stereocenters. The average Bonchev–Trinajstić information content (AvgIpc) is 2.71. The first-order chi connectivity index (χ1) is 15.3. The van der Waals surface area contributed by atoms with Gasteiger partial charge in [-0.25, -0.2) is 4.79 Å². The van der Waals surface area contributed by atoms with Gasteiger partial charge in [0, 0.05) is 6.54 Å². The number of nitrogens with two attached hydrogens (primary N) is 1. The largest absolute Gasteiger partial charge is 0.493 e. The third-order valence-corrected chi connectivity index (χ3v) is 7.54. The van der Waals surface area contributed by atoms with E-state index < -0.39 is 53.2 Å². The van der Waals surface area contributed by atoms with E-state index in [1.165, 1.54) is 24.8 Å². The number of carbonyl (C=O) groups is 2. The SMILES string of the molecule is COc1cc(COC(=O)N[C@@H]2CCCN([P@@](N)(=O)NS(=O)(=O)O)C2=O)c([N+](=O)[O-])cc1OC. The van der Waals surface area contributed by atoms with Crippen molar-refractivity contribution in [2.75, 3.05) is 20.8 Å². The van der Waals surface area contributed by atoms with E-state index in [9.17, 15) is 32.7 Å². The van der Waals surface area contributed by atoms with Gasteiger partial charge in [0.1, 0.15) is 12.6 Å². The minimum atomic E-state index is -4.97. The molecule has 0 aliphatic carbocycles. The predicted octanol–water partition coefficient (Wildman–Crippen LogP) is 0.288. The maximum atomic E-state index is 12.5. The van der Waals surface area contributed by atoms with Crippen LogP contribution in [0.15, 0.2) is 12.1 Å². The van der Waals surface area contributed by atoms with Crippen molar-refractivity contribution in [3.8, 4) is 11.5 Å². The zero-order chi connectivity index (χ0) is 25.0. The highest BCUT2D eigenvalue weighted by Crippen LogP contribution is 2.40. The number of alkyl carbamates (subject to hydrolysis) is 1. The number of nitrogens with zero attached hydrogens (tertiary/aromatic N) is 2. The average molecular weight is 511 g/mol. The number of carbonyl (C=O) groups excluding carboxylic acids is 2. The molecule has 0 unspecified atom stereocenters. The number of ether oxygens (including phenoxy) is 3. The molecule has 1 fully saturated rings. The summed E-state index contributed by atoms with van der Waals surface area (Å²) in [4.78, 5) is 35.3. The summed E-state index contributed by atoms with van der Waals surface area (Å²) in [6.07, 6.45) is -0.854. The van der Waals surface area contributed by atoms with E-state index in [0.29, 0.717) is 4.67 Å². The fraction of sp³-hybridized carbons (Fsp3) is 0.467. The Kier molecular flexibility index (Phi) is 8.20. The predicted molar refractivity (Wildman–Crippen MR) is 111 cm³/mol. The number of hydrogen-bond acceptors (Lipinski definition) is 10. The molecule has 2 amide bonds.